The van der Waals surface area contributed by atoms with E-state index in [-0.39, 0.29) is 14.5 Å². The molecule has 0 saturated carbocycles. The van der Waals surface area contributed by atoms with Crippen LogP contribution in [0.15, 0.2) is 24.3 Å². The summed E-state index contributed by atoms with van der Waals surface area (Å²) in [5.41, 5.74) is 0. The topological polar surface area (TPSA) is 29.5 Å². The third kappa shape index (κ3) is 3.19. The molecule has 17 heavy (non-hydrogen) atoms. The Labute approximate surface area is 107 Å². The Morgan fingerprint density at radius 1 is 1.35 bits per heavy atom. The van der Waals surface area contributed by atoms with E-state index >= 15 is 0 Å². The summed E-state index contributed by atoms with van der Waals surface area (Å²) in [5.74, 6) is 0.879. The van der Waals surface area contributed by atoms with Crippen molar-refractivity contribution in [3.63, 3.8) is 0 Å². The number of rotatable bonds is 5. The molecule has 0 amide bonds. The van der Waals surface area contributed by atoms with Crippen LogP contribution in [0.1, 0.15) is 9.23 Å². The van der Waals surface area contributed by atoms with Crippen LogP contribution in [-0.4, -0.2) is 52.9 Å². The van der Waals surface area contributed by atoms with Crippen molar-refractivity contribution in [2.45, 2.75) is 0 Å². The number of carbonyl (C=O) groups is 1. The first-order chi connectivity index (χ1) is 8.19. The van der Waals surface area contributed by atoms with Crippen LogP contribution in [0.4, 0.5) is 0 Å². The molecule has 2 aromatic rings. The van der Waals surface area contributed by atoms with Gasteiger partial charge < -0.3 is 0 Å². The predicted molar refractivity (Wildman–Crippen MR) is 70.3 cm³/mol. The number of aldehydes is 1. The SMILES string of the molecule is CN(C)CCOc1ccc2[se]c(C=O)cc2c1. The van der Waals surface area contributed by atoms with Crippen LogP contribution in [-0.2, 0) is 0 Å². The van der Waals surface area contributed by atoms with Crippen molar-refractivity contribution in [2.24, 2.45) is 0 Å². The Bertz CT molecular complexity index is 519. The fourth-order valence-electron chi connectivity index (χ4n) is 1.54. The molecule has 90 valence electrons. The van der Waals surface area contributed by atoms with E-state index in [4.69, 9.17) is 4.74 Å². The maximum absolute atomic E-state index is 10.7. The van der Waals surface area contributed by atoms with Gasteiger partial charge in [-0.05, 0) is 0 Å². The van der Waals surface area contributed by atoms with Gasteiger partial charge in [-0.25, -0.2) is 0 Å². The van der Waals surface area contributed by atoms with E-state index in [1.165, 1.54) is 4.26 Å². The molecular formula is C13H15NO2Se. The van der Waals surface area contributed by atoms with Gasteiger partial charge in [-0.1, -0.05) is 0 Å². The number of hydrogen-bond acceptors (Lipinski definition) is 3. The molecule has 3 nitrogen and oxygen atoms in total. The van der Waals surface area contributed by atoms with Crippen LogP contribution in [0.2, 0.25) is 0 Å². The molecule has 0 aliphatic heterocycles. The Morgan fingerprint density at radius 2 is 2.18 bits per heavy atom. The Morgan fingerprint density at radius 3 is 2.88 bits per heavy atom. The quantitative estimate of drug-likeness (QED) is 0.621. The van der Waals surface area contributed by atoms with E-state index in [0.29, 0.717) is 6.61 Å². The molecule has 0 bridgehead atoms. The van der Waals surface area contributed by atoms with Crippen molar-refractivity contribution in [2.75, 3.05) is 27.2 Å². The number of carbonyl (C=O) groups excluding carboxylic acids is 1. The molecule has 4 heteroatoms. The van der Waals surface area contributed by atoms with Gasteiger partial charge in [0.25, 0.3) is 0 Å². The molecule has 2 rings (SSSR count). The van der Waals surface area contributed by atoms with Crippen LogP contribution in [0.5, 0.6) is 5.75 Å². The van der Waals surface area contributed by atoms with Crippen molar-refractivity contribution in [1.82, 2.24) is 4.90 Å². The van der Waals surface area contributed by atoms with E-state index in [1.807, 2.05) is 32.3 Å². The fraction of sp³-hybridized carbons (Fsp3) is 0.308. The molecule has 0 saturated heterocycles. The van der Waals surface area contributed by atoms with Gasteiger partial charge in [0.05, 0.1) is 0 Å². The molecule has 0 spiro atoms. The zero-order valence-electron chi connectivity index (χ0n) is 9.97. The third-order valence-electron chi connectivity index (χ3n) is 2.43. The van der Waals surface area contributed by atoms with Crippen molar-refractivity contribution in [3.8, 4) is 5.75 Å². The monoisotopic (exact) mass is 297 g/mol. The summed E-state index contributed by atoms with van der Waals surface area (Å²) in [7, 11) is 4.04. The van der Waals surface area contributed by atoms with Gasteiger partial charge in [0.2, 0.25) is 0 Å². The first-order valence-corrected chi connectivity index (χ1v) is 7.16. The first-order valence-electron chi connectivity index (χ1n) is 5.45. The number of likely N-dealkylation sites (N-methyl/N-ethyl adjacent to an activating group) is 1. The maximum atomic E-state index is 10.7. The predicted octanol–water partition coefficient (Wildman–Crippen LogP) is 1.65. The number of benzene rings is 1. The molecule has 1 aromatic heterocycles. The van der Waals surface area contributed by atoms with Gasteiger partial charge in [0.1, 0.15) is 0 Å². The number of hydrogen-bond donors (Lipinski definition) is 0. The van der Waals surface area contributed by atoms with Crippen molar-refractivity contribution in [1.29, 1.82) is 0 Å². The van der Waals surface area contributed by atoms with E-state index in [2.05, 4.69) is 11.0 Å². The second-order valence-electron chi connectivity index (χ2n) is 4.12. The minimum absolute atomic E-state index is 0.180. The van der Waals surface area contributed by atoms with Crippen molar-refractivity contribution < 1.29 is 9.53 Å². The summed E-state index contributed by atoms with van der Waals surface area (Å²) < 4.78 is 7.82. The second kappa shape index (κ2) is 5.50. The van der Waals surface area contributed by atoms with Crippen LogP contribution < -0.4 is 4.74 Å². The zero-order chi connectivity index (χ0) is 12.3. The summed E-state index contributed by atoms with van der Waals surface area (Å²) in [4.78, 5) is 12.8. The van der Waals surface area contributed by atoms with Crippen LogP contribution in [0.25, 0.3) is 9.65 Å². The minimum atomic E-state index is 0.180. The van der Waals surface area contributed by atoms with Crippen LogP contribution >= 0.6 is 0 Å². The number of ether oxygens (including phenoxy) is 1. The average molecular weight is 296 g/mol. The standard InChI is InChI=1S/C13H15NO2Se/c1-14(2)5-6-16-11-3-4-13-10(7-11)8-12(9-15)17-13/h3-4,7-9H,5-6H2,1-2H3. The van der Waals surface area contributed by atoms with Gasteiger partial charge >= 0.3 is 107 Å². The van der Waals surface area contributed by atoms with Crippen LogP contribution in [0, 0.1) is 0 Å². The fourth-order valence-corrected chi connectivity index (χ4v) is 3.34. The average Bonchev–Trinajstić information content (AvgIpc) is 2.70. The molecule has 0 aliphatic carbocycles. The molecule has 0 atom stereocenters. The summed E-state index contributed by atoms with van der Waals surface area (Å²) in [6.45, 7) is 1.58. The van der Waals surface area contributed by atoms with E-state index < -0.39 is 0 Å². The normalized spacial score (nSPS) is 11.0. The second-order valence-corrected chi connectivity index (χ2v) is 6.46. The van der Waals surface area contributed by atoms with E-state index in [9.17, 15) is 4.79 Å². The van der Waals surface area contributed by atoms with Crippen molar-refractivity contribution >= 4 is 30.4 Å². The molecule has 1 aromatic carbocycles. The number of fused-ring (bicyclic) bond motifs is 1. The molecule has 0 fully saturated rings. The molecule has 0 unspecified atom stereocenters. The van der Waals surface area contributed by atoms with E-state index in [0.717, 1.165) is 28.4 Å². The van der Waals surface area contributed by atoms with Gasteiger partial charge in [-0.2, -0.15) is 0 Å². The first kappa shape index (κ1) is 12.4. The molecule has 0 aliphatic rings. The van der Waals surface area contributed by atoms with Gasteiger partial charge in [0.15, 0.2) is 0 Å². The van der Waals surface area contributed by atoms with Gasteiger partial charge in [0, 0.05) is 0 Å². The van der Waals surface area contributed by atoms with Gasteiger partial charge in [-0.15, -0.1) is 0 Å². The Balaban J connectivity index is 2.11. The molecular weight excluding hydrogens is 281 g/mol. The molecule has 0 N–H and O–H groups in total. The Kier molecular flexibility index (Phi) is 4.00. The third-order valence-corrected chi connectivity index (χ3v) is 4.62. The number of nitrogens with zero attached hydrogens (tertiary/aromatic N) is 1. The summed E-state index contributed by atoms with van der Waals surface area (Å²) in [5, 5.41) is 1.13. The molecule has 1 heterocycles. The van der Waals surface area contributed by atoms with Gasteiger partial charge in [-0.3, -0.25) is 0 Å². The summed E-state index contributed by atoms with van der Waals surface area (Å²) in [6.07, 6.45) is 0.951. The van der Waals surface area contributed by atoms with Crippen LogP contribution in [0.3, 0.4) is 0 Å². The Hall–Kier alpha value is -1.09. The molecule has 0 radical (unpaired) electrons. The summed E-state index contributed by atoms with van der Waals surface area (Å²) >= 11 is 0.180. The van der Waals surface area contributed by atoms with E-state index in [1.54, 1.807) is 0 Å². The summed E-state index contributed by atoms with van der Waals surface area (Å²) in [6, 6.07) is 8.02. The zero-order valence-corrected chi connectivity index (χ0v) is 11.7. The van der Waals surface area contributed by atoms with Crippen molar-refractivity contribution in [3.05, 3.63) is 28.7 Å².